The smallest absolute Gasteiger partial charge is 0.245 e. The summed E-state index contributed by atoms with van der Waals surface area (Å²) in [6, 6.07) is 9.60. The van der Waals surface area contributed by atoms with Gasteiger partial charge in [-0.3, -0.25) is 15.2 Å². The average Bonchev–Trinajstić information content (AvgIpc) is 2.98. The van der Waals surface area contributed by atoms with Crippen LogP contribution in [0.15, 0.2) is 57.9 Å². The number of pyridine rings is 2. The molecule has 1 aliphatic heterocycles. The molecule has 5 rings (SSSR count). The molecule has 1 aliphatic carbocycles. The van der Waals surface area contributed by atoms with Crippen molar-refractivity contribution in [3.05, 3.63) is 90.8 Å². The molecule has 0 unspecified atom stereocenters. The number of benzene rings is 1. The largest absolute Gasteiger partial charge is 0.342 e. The third kappa shape index (κ3) is 5.06. The van der Waals surface area contributed by atoms with Gasteiger partial charge in [-0.2, -0.15) is 0 Å². The molecule has 3 heterocycles. The van der Waals surface area contributed by atoms with Crippen molar-refractivity contribution in [1.82, 2.24) is 4.90 Å². The second-order valence-electron chi connectivity index (χ2n) is 9.33. The summed E-state index contributed by atoms with van der Waals surface area (Å²) in [6.07, 6.45) is 8.41. The predicted molar refractivity (Wildman–Crippen MR) is 137 cm³/mol. The lowest BCUT2D eigenvalue weighted by Gasteiger charge is -2.36. The van der Waals surface area contributed by atoms with Crippen LogP contribution in [0.1, 0.15) is 46.7 Å². The number of piperidine rings is 1. The highest BCUT2D eigenvalue weighted by Gasteiger charge is 2.41. The number of aryl methyl sites for hydroxylation is 2. The lowest BCUT2D eigenvalue weighted by atomic mass is 9.76. The van der Waals surface area contributed by atoms with E-state index in [-0.39, 0.29) is 17.7 Å². The Labute approximate surface area is 225 Å². The second-order valence-corrected chi connectivity index (χ2v) is 11.5. The van der Waals surface area contributed by atoms with E-state index >= 15 is 0 Å². The fourth-order valence-electron chi connectivity index (χ4n) is 5.55. The van der Waals surface area contributed by atoms with E-state index < -0.39 is 0 Å². The number of hydrogen-bond donors (Lipinski definition) is 2. The number of amides is 1. The van der Waals surface area contributed by atoms with Gasteiger partial charge < -0.3 is 4.90 Å². The van der Waals surface area contributed by atoms with Crippen LogP contribution in [-0.4, -0.2) is 34.3 Å². The van der Waals surface area contributed by atoms with Crippen LogP contribution in [0.4, 0.5) is 0 Å². The molecule has 2 aliphatic rings. The van der Waals surface area contributed by atoms with Crippen molar-refractivity contribution < 1.29 is 24.7 Å². The normalized spacial score (nSPS) is 18.0. The van der Waals surface area contributed by atoms with E-state index in [0.29, 0.717) is 24.5 Å². The molecule has 2 N–H and O–H groups in total. The van der Waals surface area contributed by atoms with Crippen LogP contribution in [0, 0.1) is 5.92 Å². The monoisotopic (exact) mass is 621 g/mol. The summed E-state index contributed by atoms with van der Waals surface area (Å²) in [5.74, 6) is 0.338. The van der Waals surface area contributed by atoms with Crippen LogP contribution in [0.5, 0.6) is 0 Å². The van der Waals surface area contributed by atoms with Gasteiger partial charge in [0, 0.05) is 49.7 Å². The number of halogens is 3. The van der Waals surface area contributed by atoms with Crippen molar-refractivity contribution in [3.8, 4) is 0 Å². The lowest BCUT2D eigenvalue weighted by molar-refractivity contribution is -0.911. The Balaban J connectivity index is 1.43. The minimum absolute atomic E-state index is 0.0152. The molecule has 1 fully saturated rings. The summed E-state index contributed by atoms with van der Waals surface area (Å²) >= 11 is 13.7. The maximum Gasteiger partial charge on any atom is 0.245 e. The van der Waals surface area contributed by atoms with Crippen LogP contribution in [0.25, 0.3) is 0 Å². The molecule has 0 saturated carbocycles. The zero-order valence-electron chi connectivity index (χ0n) is 19.0. The summed E-state index contributed by atoms with van der Waals surface area (Å²) in [4.78, 5) is 14.9. The lowest BCUT2D eigenvalue weighted by Crippen LogP contribution is -2.44. The van der Waals surface area contributed by atoms with E-state index in [9.17, 15) is 15.2 Å². The molecule has 1 atom stereocenters. The minimum atomic E-state index is -0.0152. The van der Waals surface area contributed by atoms with E-state index in [0.717, 1.165) is 56.2 Å². The maximum atomic E-state index is 13.0. The van der Waals surface area contributed by atoms with Gasteiger partial charge in [0.05, 0.1) is 16.8 Å². The summed E-state index contributed by atoms with van der Waals surface area (Å²) in [6.45, 7) is 1.34. The molecular weight excluding hydrogens is 598 g/mol. The first-order chi connectivity index (χ1) is 16.8. The van der Waals surface area contributed by atoms with E-state index in [1.165, 1.54) is 28.3 Å². The Hall–Kier alpha value is -2.16. The predicted octanol–water partition coefficient (Wildman–Crippen LogP) is 4.63. The molecule has 0 spiro atoms. The SMILES string of the molecule is O=C(Cc1cc[n+](O)cc1)N1CCC([C@@H]2c3c(Br)cc(Cl)cc3CCc3cc(Br)c[n+](O)c32)CC1. The maximum absolute atomic E-state index is 13.0. The molecular formula is C26H26Br2ClN3O3+2. The molecule has 1 amide bonds. The van der Waals surface area contributed by atoms with Crippen molar-refractivity contribution in [2.45, 2.75) is 38.0 Å². The van der Waals surface area contributed by atoms with Crippen molar-refractivity contribution in [1.29, 1.82) is 0 Å². The molecule has 1 saturated heterocycles. The molecule has 35 heavy (non-hydrogen) atoms. The average molecular weight is 624 g/mol. The van der Waals surface area contributed by atoms with E-state index in [1.54, 1.807) is 18.3 Å². The van der Waals surface area contributed by atoms with E-state index in [1.807, 2.05) is 17.0 Å². The standard InChI is InChI=1S/C26H26Br2ClN3O3/c27-20-12-19-2-1-18-13-21(29)14-22(28)24(18)25(26(19)32(35)15-20)17-5-7-30(8-6-17)23(33)11-16-3-9-31(34)10-4-16/h3-4,9-10,12-15,17,25,34-35H,1-2,5-8,11H2/q+2/t25-/m1/s1. The first-order valence-corrected chi connectivity index (χ1v) is 13.6. The number of nitrogens with zero attached hydrogens (tertiary/aromatic N) is 3. The van der Waals surface area contributed by atoms with Gasteiger partial charge in [0.1, 0.15) is 0 Å². The molecule has 1 aromatic carbocycles. The van der Waals surface area contributed by atoms with Gasteiger partial charge in [-0.15, -0.1) is 0 Å². The summed E-state index contributed by atoms with van der Waals surface area (Å²) in [5, 5.41) is 21.1. The molecule has 0 radical (unpaired) electrons. The van der Waals surface area contributed by atoms with Gasteiger partial charge in [-0.1, -0.05) is 27.5 Å². The first kappa shape index (κ1) is 24.5. The third-order valence-corrected chi connectivity index (χ3v) is 8.49. The minimum Gasteiger partial charge on any atom is -0.342 e. The van der Waals surface area contributed by atoms with Crippen LogP contribution >= 0.6 is 43.5 Å². The zero-order valence-corrected chi connectivity index (χ0v) is 22.9. The Bertz CT molecular complexity index is 1220. The Morgan fingerprint density at radius 3 is 2.46 bits per heavy atom. The quantitative estimate of drug-likeness (QED) is 0.331. The number of aromatic nitrogens is 2. The first-order valence-electron chi connectivity index (χ1n) is 11.7. The highest BCUT2D eigenvalue weighted by molar-refractivity contribution is 9.10. The molecule has 3 aromatic rings. The van der Waals surface area contributed by atoms with Crippen molar-refractivity contribution in [2.75, 3.05) is 13.1 Å². The fourth-order valence-corrected chi connectivity index (χ4v) is 7.14. The molecule has 2 aromatic heterocycles. The zero-order chi connectivity index (χ0) is 24.7. The van der Waals surface area contributed by atoms with Gasteiger partial charge >= 0.3 is 0 Å². The topological polar surface area (TPSA) is 68.5 Å². The Kier molecular flexibility index (Phi) is 7.06. The van der Waals surface area contributed by atoms with Gasteiger partial charge in [0.15, 0.2) is 0 Å². The number of hydrogen-bond acceptors (Lipinski definition) is 3. The number of likely N-dealkylation sites (tertiary alicyclic amines) is 1. The van der Waals surface area contributed by atoms with Gasteiger partial charge in [-0.25, -0.2) is 0 Å². The van der Waals surface area contributed by atoms with E-state index in [4.69, 9.17) is 11.6 Å². The van der Waals surface area contributed by atoms with Crippen molar-refractivity contribution >= 4 is 49.4 Å². The van der Waals surface area contributed by atoms with Crippen LogP contribution < -0.4 is 9.46 Å². The Morgan fingerprint density at radius 2 is 1.74 bits per heavy atom. The molecule has 0 bridgehead atoms. The van der Waals surface area contributed by atoms with Gasteiger partial charge in [0.25, 0.3) is 0 Å². The number of carbonyl (C=O) groups is 1. The Morgan fingerprint density at radius 1 is 1.06 bits per heavy atom. The summed E-state index contributed by atoms with van der Waals surface area (Å²) in [5.41, 5.74) is 5.30. The highest BCUT2D eigenvalue weighted by atomic mass is 79.9. The third-order valence-electron chi connectivity index (χ3n) is 7.18. The van der Waals surface area contributed by atoms with Crippen molar-refractivity contribution in [3.63, 3.8) is 0 Å². The van der Waals surface area contributed by atoms with Crippen LogP contribution in [0.2, 0.25) is 5.02 Å². The van der Waals surface area contributed by atoms with Crippen LogP contribution in [-0.2, 0) is 24.1 Å². The summed E-state index contributed by atoms with van der Waals surface area (Å²) < 4.78 is 4.05. The molecule has 182 valence electrons. The van der Waals surface area contributed by atoms with Gasteiger partial charge in [0.2, 0.25) is 30.2 Å². The number of rotatable bonds is 3. The molecule has 9 heteroatoms. The van der Waals surface area contributed by atoms with Crippen molar-refractivity contribution in [2.24, 2.45) is 5.92 Å². The number of carbonyl (C=O) groups excluding carboxylic acids is 1. The van der Waals surface area contributed by atoms with Crippen LogP contribution in [0.3, 0.4) is 0 Å². The van der Waals surface area contributed by atoms with Gasteiger partial charge in [-0.05, 0) is 82.4 Å². The number of fused-ring (bicyclic) bond motifs is 2. The summed E-state index contributed by atoms with van der Waals surface area (Å²) in [7, 11) is 0. The second kappa shape index (κ2) is 10.1. The fraction of sp³-hybridized carbons (Fsp3) is 0.346. The highest BCUT2D eigenvalue weighted by Crippen LogP contribution is 2.45. The molecule has 6 nitrogen and oxygen atoms in total. The van der Waals surface area contributed by atoms with E-state index in [2.05, 4.69) is 37.9 Å².